The Labute approximate surface area is 103 Å². The molecule has 0 aliphatic rings. The summed E-state index contributed by atoms with van der Waals surface area (Å²) in [6.45, 7) is 2.20. The van der Waals surface area contributed by atoms with E-state index in [1.54, 1.807) is 11.3 Å². The monoisotopic (exact) mass is 253 g/mol. The van der Waals surface area contributed by atoms with Gasteiger partial charge in [-0.2, -0.15) is 4.37 Å². The number of nitrogens with zero attached hydrogens (tertiary/aromatic N) is 1. The highest BCUT2D eigenvalue weighted by Gasteiger charge is 2.12. The average Bonchev–Trinajstić information content (AvgIpc) is 2.88. The number of nitrogens with two attached hydrogens (primary N) is 1. The summed E-state index contributed by atoms with van der Waals surface area (Å²) in [5.41, 5.74) is 5.61. The molecule has 0 saturated heterocycles. The summed E-state index contributed by atoms with van der Waals surface area (Å²) in [6, 6.07) is 6.53. The van der Waals surface area contributed by atoms with Crippen molar-refractivity contribution in [3.05, 3.63) is 28.5 Å². The maximum absolute atomic E-state index is 5.61. The number of hydrogen-bond acceptors (Lipinski definition) is 5. The number of aromatic nitrogens is 1. The van der Waals surface area contributed by atoms with Gasteiger partial charge in [-0.15, -0.1) is 11.3 Å². The Morgan fingerprint density at radius 2 is 2.44 bits per heavy atom. The van der Waals surface area contributed by atoms with Gasteiger partial charge in [-0.05, 0) is 29.4 Å². The second-order valence-electron chi connectivity index (χ2n) is 3.62. The van der Waals surface area contributed by atoms with E-state index in [0.717, 1.165) is 17.8 Å². The fourth-order valence-electron chi connectivity index (χ4n) is 1.59. The van der Waals surface area contributed by atoms with E-state index in [1.807, 2.05) is 6.07 Å². The second kappa shape index (κ2) is 5.32. The molecule has 2 aromatic heterocycles. The lowest BCUT2D eigenvalue weighted by atomic mass is 10.1. The standard InChI is InChI=1S/C11H15N3S2/c1-2-4-8(9-5-3-6-15-9)13-11-7-10(12)14-16-11/h3,5-8,13H,2,4H2,1H3,(H2,12,14). The molecule has 2 rings (SSSR count). The Morgan fingerprint density at radius 1 is 1.56 bits per heavy atom. The van der Waals surface area contributed by atoms with E-state index in [9.17, 15) is 0 Å². The number of nitrogen functional groups attached to an aromatic ring is 1. The van der Waals surface area contributed by atoms with Crippen LogP contribution in [0.1, 0.15) is 30.7 Å². The van der Waals surface area contributed by atoms with Crippen LogP contribution >= 0.6 is 22.9 Å². The van der Waals surface area contributed by atoms with E-state index in [4.69, 9.17) is 5.73 Å². The summed E-state index contributed by atoms with van der Waals surface area (Å²) < 4.78 is 4.07. The average molecular weight is 253 g/mol. The van der Waals surface area contributed by atoms with Crippen molar-refractivity contribution in [2.45, 2.75) is 25.8 Å². The molecular formula is C11H15N3S2. The highest BCUT2D eigenvalue weighted by atomic mass is 32.1. The number of thiophene rings is 1. The van der Waals surface area contributed by atoms with Crippen molar-refractivity contribution >= 4 is 33.7 Å². The van der Waals surface area contributed by atoms with Gasteiger partial charge < -0.3 is 11.1 Å². The molecule has 3 N–H and O–H groups in total. The van der Waals surface area contributed by atoms with Crippen LogP contribution in [0.3, 0.4) is 0 Å². The first-order chi connectivity index (χ1) is 7.79. The summed E-state index contributed by atoms with van der Waals surface area (Å²) in [7, 11) is 0. The topological polar surface area (TPSA) is 50.9 Å². The molecule has 0 bridgehead atoms. The van der Waals surface area contributed by atoms with Crippen molar-refractivity contribution in [3.63, 3.8) is 0 Å². The van der Waals surface area contributed by atoms with Crippen LogP contribution < -0.4 is 11.1 Å². The first kappa shape index (κ1) is 11.4. The van der Waals surface area contributed by atoms with Gasteiger partial charge in [0.25, 0.3) is 0 Å². The van der Waals surface area contributed by atoms with Crippen LogP contribution in [0.5, 0.6) is 0 Å². The van der Waals surface area contributed by atoms with Crippen LogP contribution in [0.25, 0.3) is 0 Å². The first-order valence-corrected chi connectivity index (χ1v) is 6.97. The zero-order valence-electron chi connectivity index (χ0n) is 9.14. The normalized spacial score (nSPS) is 12.6. The molecule has 0 radical (unpaired) electrons. The summed E-state index contributed by atoms with van der Waals surface area (Å²) in [4.78, 5) is 1.37. The van der Waals surface area contributed by atoms with E-state index in [2.05, 4.69) is 34.1 Å². The van der Waals surface area contributed by atoms with Crippen molar-refractivity contribution < 1.29 is 0 Å². The van der Waals surface area contributed by atoms with Crippen LogP contribution in [-0.2, 0) is 0 Å². The third-order valence-corrected chi connectivity index (χ3v) is 4.03. The van der Waals surface area contributed by atoms with Crippen LogP contribution in [0.2, 0.25) is 0 Å². The molecular weight excluding hydrogens is 238 g/mol. The fourth-order valence-corrected chi connectivity index (χ4v) is 3.03. The Balaban J connectivity index is 2.09. The molecule has 1 atom stereocenters. The fraction of sp³-hybridized carbons (Fsp3) is 0.364. The predicted molar refractivity (Wildman–Crippen MR) is 72.1 cm³/mol. The highest BCUT2D eigenvalue weighted by Crippen LogP contribution is 2.29. The van der Waals surface area contributed by atoms with Crippen molar-refractivity contribution in [1.82, 2.24) is 4.37 Å². The van der Waals surface area contributed by atoms with Crippen LogP contribution in [-0.4, -0.2) is 4.37 Å². The lowest BCUT2D eigenvalue weighted by molar-refractivity contribution is 0.689. The van der Waals surface area contributed by atoms with Gasteiger partial charge in [0.1, 0.15) is 10.8 Å². The molecule has 16 heavy (non-hydrogen) atoms. The smallest absolute Gasteiger partial charge is 0.139 e. The van der Waals surface area contributed by atoms with Crippen LogP contribution in [0, 0.1) is 0 Å². The van der Waals surface area contributed by atoms with Gasteiger partial charge in [0.15, 0.2) is 0 Å². The minimum absolute atomic E-state index is 0.379. The minimum atomic E-state index is 0.379. The van der Waals surface area contributed by atoms with Gasteiger partial charge in [0.05, 0.1) is 6.04 Å². The summed E-state index contributed by atoms with van der Waals surface area (Å²) in [5, 5.41) is 6.65. The molecule has 0 aliphatic heterocycles. The molecule has 2 aromatic rings. The number of rotatable bonds is 5. The molecule has 0 aromatic carbocycles. The zero-order valence-corrected chi connectivity index (χ0v) is 10.8. The van der Waals surface area contributed by atoms with Gasteiger partial charge in [0.2, 0.25) is 0 Å². The Bertz CT molecular complexity index is 422. The van der Waals surface area contributed by atoms with Crippen LogP contribution in [0.15, 0.2) is 23.6 Å². The third kappa shape index (κ3) is 2.74. The zero-order chi connectivity index (χ0) is 11.4. The molecule has 0 amide bonds. The largest absolute Gasteiger partial charge is 0.383 e. The van der Waals surface area contributed by atoms with Gasteiger partial charge in [-0.25, -0.2) is 0 Å². The van der Waals surface area contributed by atoms with Gasteiger partial charge in [-0.1, -0.05) is 19.4 Å². The van der Waals surface area contributed by atoms with E-state index >= 15 is 0 Å². The van der Waals surface area contributed by atoms with E-state index in [-0.39, 0.29) is 0 Å². The summed E-state index contributed by atoms with van der Waals surface area (Å²) >= 11 is 3.21. The minimum Gasteiger partial charge on any atom is -0.383 e. The van der Waals surface area contributed by atoms with E-state index in [1.165, 1.54) is 16.4 Å². The van der Waals surface area contributed by atoms with Gasteiger partial charge in [-0.3, -0.25) is 0 Å². The molecule has 5 heteroatoms. The molecule has 0 spiro atoms. The molecule has 0 aliphatic carbocycles. The summed E-state index contributed by atoms with van der Waals surface area (Å²) in [6.07, 6.45) is 2.28. The van der Waals surface area contributed by atoms with Crippen molar-refractivity contribution in [2.24, 2.45) is 0 Å². The quantitative estimate of drug-likeness (QED) is 0.853. The molecule has 1 unspecified atom stereocenters. The maximum Gasteiger partial charge on any atom is 0.139 e. The van der Waals surface area contributed by atoms with Crippen LogP contribution in [0.4, 0.5) is 10.8 Å². The Morgan fingerprint density at radius 3 is 3.00 bits per heavy atom. The van der Waals surface area contributed by atoms with Crippen molar-refractivity contribution in [1.29, 1.82) is 0 Å². The van der Waals surface area contributed by atoms with E-state index in [0.29, 0.717) is 11.9 Å². The molecule has 2 heterocycles. The predicted octanol–water partition coefficient (Wildman–Crippen LogP) is 3.74. The van der Waals surface area contributed by atoms with Crippen molar-refractivity contribution in [2.75, 3.05) is 11.1 Å². The number of hydrogen-bond donors (Lipinski definition) is 2. The van der Waals surface area contributed by atoms with E-state index < -0.39 is 0 Å². The molecule has 0 fully saturated rings. The Hall–Kier alpha value is -1.07. The molecule has 86 valence electrons. The lowest BCUT2D eigenvalue weighted by Crippen LogP contribution is -2.07. The van der Waals surface area contributed by atoms with Crippen molar-refractivity contribution in [3.8, 4) is 0 Å². The van der Waals surface area contributed by atoms with Gasteiger partial charge >= 0.3 is 0 Å². The third-order valence-electron chi connectivity index (χ3n) is 2.31. The lowest BCUT2D eigenvalue weighted by Gasteiger charge is -2.16. The SMILES string of the molecule is CCCC(Nc1cc(N)ns1)c1cccs1. The summed E-state index contributed by atoms with van der Waals surface area (Å²) in [5.74, 6) is 0.592. The maximum atomic E-state index is 5.61. The first-order valence-electron chi connectivity index (χ1n) is 5.31. The highest BCUT2D eigenvalue weighted by molar-refractivity contribution is 7.11. The molecule has 3 nitrogen and oxygen atoms in total. The number of nitrogens with one attached hydrogen (secondary N) is 1. The van der Waals surface area contributed by atoms with Gasteiger partial charge in [0, 0.05) is 10.9 Å². The molecule has 0 saturated carbocycles. The number of anilines is 2. The Kier molecular flexibility index (Phi) is 3.79. The second-order valence-corrected chi connectivity index (χ2v) is 5.40.